The SMILES string of the molecule is Fc1cc(C2=C[N-]2)cc(F)c1OCC(F)(F)F.[NH2-].[W+2]. The normalized spacial score (nSPS) is 12.6. The third-order valence-corrected chi connectivity index (χ3v) is 1.93. The van der Waals surface area contributed by atoms with E-state index in [9.17, 15) is 22.0 Å². The average molecular weight is 450 g/mol. The molecule has 0 saturated carbocycles. The van der Waals surface area contributed by atoms with Crippen LogP contribution >= 0.6 is 0 Å². The monoisotopic (exact) mass is 450 g/mol. The number of nitrogens with two attached hydrogens (primary N) is 1. The summed E-state index contributed by atoms with van der Waals surface area (Å²) in [5, 5.41) is 3.61. The number of halogens is 5. The zero-order chi connectivity index (χ0) is 12.6. The van der Waals surface area contributed by atoms with Crippen molar-refractivity contribution in [3.8, 4) is 5.75 Å². The molecule has 3 nitrogen and oxygen atoms in total. The Hall–Kier alpha value is -1.14. The second-order valence-electron chi connectivity index (χ2n) is 3.32. The van der Waals surface area contributed by atoms with Gasteiger partial charge in [0.1, 0.15) is 0 Å². The summed E-state index contributed by atoms with van der Waals surface area (Å²) in [7, 11) is 0. The van der Waals surface area contributed by atoms with E-state index in [1.165, 1.54) is 6.20 Å². The molecule has 19 heavy (non-hydrogen) atoms. The number of alkyl halides is 3. The van der Waals surface area contributed by atoms with Crippen LogP contribution in [0.3, 0.4) is 0 Å². The topological polar surface area (TPSA) is 56.8 Å². The maximum atomic E-state index is 13.3. The van der Waals surface area contributed by atoms with Crippen molar-refractivity contribution in [2.45, 2.75) is 6.18 Å². The number of hydrogen-bond donors (Lipinski definition) is 0. The van der Waals surface area contributed by atoms with Gasteiger partial charge in [0, 0.05) is 0 Å². The molecule has 9 heteroatoms. The molecular weight excluding hydrogens is 443 g/mol. The Morgan fingerprint density at radius 3 is 1.95 bits per heavy atom. The second-order valence-corrected chi connectivity index (χ2v) is 3.32. The largest absolute Gasteiger partial charge is 2.00 e. The average Bonchev–Trinajstić information content (AvgIpc) is 2.96. The van der Waals surface area contributed by atoms with E-state index >= 15 is 0 Å². The molecule has 0 fully saturated rings. The fraction of sp³-hybridized carbons (Fsp3) is 0.200. The molecular formula is C10H7F5N2OW. The number of rotatable bonds is 3. The molecule has 104 valence electrons. The van der Waals surface area contributed by atoms with Gasteiger partial charge in [-0.15, -0.1) is 0 Å². The molecule has 0 amide bonds. The molecule has 0 saturated heterocycles. The van der Waals surface area contributed by atoms with E-state index in [0.717, 1.165) is 12.1 Å². The van der Waals surface area contributed by atoms with Gasteiger partial charge in [0.15, 0.2) is 24.0 Å². The number of hydrogen-bond acceptors (Lipinski definition) is 1. The summed E-state index contributed by atoms with van der Waals surface area (Å²) in [6.07, 6.45) is -3.27. The van der Waals surface area contributed by atoms with E-state index in [1.54, 1.807) is 0 Å². The summed E-state index contributed by atoms with van der Waals surface area (Å²) >= 11 is 0. The first-order chi connectivity index (χ1) is 7.87. The fourth-order valence-corrected chi connectivity index (χ4v) is 1.18. The van der Waals surface area contributed by atoms with Crippen LogP contribution in [0.1, 0.15) is 5.56 Å². The minimum Gasteiger partial charge on any atom is -0.693 e. The third-order valence-electron chi connectivity index (χ3n) is 1.93. The smallest absolute Gasteiger partial charge is 0.693 e. The van der Waals surface area contributed by atoms with E-state index in [-0.39, 0.29) is 32.8 Å². The van der Waals surface area contributed by atoms with Gasteiger partial charge in [0.2, 0.25) is 0 Å². The quantitative estimate of drug-likeness (QED) is 0.634. The van der Waals surface area contributed by atoms with Crippen LogP contribution in [0.25, 0.3) is 17.2 Å². The maximum absolute atomic E-state index is 13.3. The molecule has 1 aliphatic rings. The zero-order valence-corrected chi connectivity index (χ0v) is 12.1. The first-order valence-corrected chi connectivity index (χ1v) is 4.47. The Kier molecular flexibility index (Phi) is 5.96. The first kappa shape index (κ1) is 17.9. The van der Waals surface area contributed by atoms with Crippen molar-refractivity contribution in [1.82, 2.24) is 0 Å². The van der Waals surface area contributed by atoms with Gasteiger partial charge in [-0.3, -0.25) is 0 Å². The molecule has 0 bridgehead atoms. The van der Waals surface area contributed by atoms with E-state index in [2.05, 4.69) is 10.1 Å². The van der Waals surface area contributed by atoms with Crippen molar-refractivity contribution in [1.29, 1.82) is 0 Å². The first-order valence-electron chi connectivity index (χ1n) is 4.47. The Bertz CT molecular complexity index is 466. The summed E-state index contributed by atoms with van der Waals surface area (Å²) in [4.78, 5) is 0. The van der Waals surface area contributed by atoms with E-state index in [0.29, 0.717) is 5.70 Å². The Labute approximate surface area is 119 Å². The molecule has 1 aliphatic heterocycles. The van der Waals surface area contributed by atoms with Crippen LogP contribution in [0.5, 0.6) is 5.75 Å². The second kappa shape index (κ2) is 6.34. The summed E-state index contributed by atoms with van der Waals surface area (Å²) in [5.74, 6) is -3.41. The van der Waals surface area contributed by atoms with Gasteiger partial charge in [-0.05, 0) is 17.7 Å². The van der Waals surface area contributed by atoms with Gasteiger partial charge >= 0.3 is 27.2 Å². The molecule has 2 rings (SSSR count). The van der Waals surface area contributed by atoms with Gasteiger partial charge in [-0.25, -0.2) is 8.78 Å². The van der Waals surface area contributed by atoms with Crippen LogP contribution in [0.15, 0.2) is 18.3 Å². The zero-order valence-electron chi connectivity index (χ0n) is 9.17. The van der Waals surface area contributed by atoms with Gasteiger partial charge in [-0.1, -0.05) is 0 Å². The van der Waals surface area contributed by atoms with Gasteiger partial charge in [0.05, 0.1) is 0 Å². The summed E-state index contributed by atoms with van der Waals surface area (Å²) in [5.41, 5.74) is 0.560. The Balaban J connectivity index is 0.00000162. The molecule has 0 spiro atoms. The fourth-order valence-electron chi connectivity index (χ4n) is 1.18. The van der Waals surface area contributed by atoms with E-state index in [1.807, 2.05) is 0 Å². The van der Waals surface area contributed by atoms with Crippen molar-refractivity contribution in [2.24, 2.45) is 0 Å². The molecule has 0 unspecified atom stereocenters. The maximum Gasteiger partial charge on any atom is 2.00 e. The number of ether oxygens (including phenoxy) is 1. The summed E-state index contributed by atoms with van der Waals surface area (Å²) in [6, 6.07) is 1.74. The molecule has 0 radical (unpaired) electrons. The van der Waals surface area contributed by atoms with Crippen LogP contribution in [-0.4, -0.2) is 12.8 Å². The molecule has 1 aromatic rings. The van der Waals surface area contributed by atoms with Crippen molar-refractivity contribution in [3.05, 3.63) is 47.0 Å². The molecule has 0 atom stereocenters. The van der Waals surface area contributed by atoms with Crippen molar-refractivity contribution in [3.63, 3.8) is 0 Å². The van der Waals surface area contributed by atoms with Crippen LogP contribution in [0, 0.1) is 11.6 Å². The number of benzene rings is 1. The minimum atomic E-state index is -4.65. The van der Waals surface area contributed by atoms with Crippen LogP contribution < -0.4 is 4.74 Å². The molecule has 1 aromatic carbocycles. The van der Waals surface area contributed by atoms with Crippen molar-refractivity contribution < 1.29 is 47.8 Å². The molecule has 2 N–H and O–H groups in total. The molecule has 0 aliphatic carbocycles. The molecule has 1 heterocycles. The van der Waals surface area contributed by atoms with E-state index in [4.69, 9.17) is 0 Å². The summed E-state index contributed by atoms with van der Waals surface area (Å²) in [6.45, 7) is -1.74. The van der Waals surface area contributed by atoms with Crippen LogP contribution in [0.4, 0.5) is 22.0 Å². The van der Waals surface area contributed by atoms with Gasteiger partial charge < -0.3 is 16.2 Å². The Morgan fingerprint density at radius 1 is 1.11 bits per heavy atom. The predicted octanol–water partition coefficient (Wildman–Crippen LogP) is 4.31. The van der Waals surface area contributed by atoms with Gasteiger partial charge in [-0.2, -0.15) is 25.1 Å². The predicted molar refractivity (Wildman–Crippen MR) is 54.5 cm³/mol. The number of nitrogens with zero attached hydrogens (tertiary/aromatic N) is 1. The van der Waals surface area contributed by atoms with Crippen molar-refractivity contribution >= 4 is 5.70 Å². The minimum absolute atomic E-state index is 0. The van der Waals surface area contributed by atoms with Crippen molar-refractivity contribution in [2.75, 3.05) is 6.61 Å². The van der Waals surface area contributed by atoms with Crippen LogP contribution in [-0.2, 0) is 21.1 Å². The van der Waals surface area contributed by atoms with Crippen LogP contribution in [0.2, 0.25) is 0 Å². The third kappa shape index (κ3) is 4.80. The van der Waals surface area contributed by atoms with E-state index < -0.39 is 30.2 Å². The van der Waals surface area contributed by atoms with Gasteiger partial charge in [0.25, 0.3) is 0 Å². The standard InChI is InChI=1S/C10H5F5NO.H2N.W/c11-6-1-5(8-3-16-8)2-7(12)9(6)17-4-10(13,14)15;;/h1-3H,4H2;1H2;/q2*-1;+2. The Morgan fingerprint density at radius 2 is 1.58 bits per heavy atom. The summed E-state index contributed by atoms with van der Waals surface area (Å²) < 4.78 is 66.1. The molecule has 0 aromatic heterocycles.